The molecule has 0 spiro atoms. The van der Waals surface area contributed by atoms with E-state index in [2.05, 4.69) is 62.3 Å². The van der Waals surface area contributed by atoms with Gasteiger partial charge in [0.25, 0.3) is 0 Å². The maximum atomic E-state index is 13.9. The number of halogens is 1. The van der Waals surface area contributed by atoms with Crippen molar-refractivity contribution < 1.29 is 14.7 Å². The Hall–Kier alpha value is -2.98. The van der Waals surface area contributed by atoms with Crippen LogP contribution >= 0.6 is 0 Å². The highest BCUT2D eigenvalue weighted by atomic mass is 28.3. The zero-order valence-electron chi connectivity index (χ0n) is 19.9. The lowest BCUT2D eigenvalue weighted by Gasteiger charge is -2.17. The smallest absolute Gasteiger partial charge is 0.216 e. The number of rotatable bonds is 2. The summed E-state index contributed by atoms with van der Waals surface area (Å²) in [6.07, 6.45) is 0. The van der Waals surface area contributed by atoms with Crippen LogP contribution in [0.4, 0.5) is 4.39 Å². The van der Waals surface area contributed by atoms with Crippen LogP contribution in [-0.2, 0) is 7.05 Å². The molecule has 0 saturated carbocycles. The molecule has 0 radical (unpaired) electrons. The predicted octanol–water partition coefficient (Wildman–Crippen LogP) is 6.53. The Labute approximate surface area is 184 Å². The molecule has 4 heteroatoms. The molecule has 5 aromatic rings. The van der Waals surface area contributed by atoms with Crippen molar-refractivity contribution in [2.75, 3.05) is 0 Å². The number of aromatic nitrogens is 1. The fraction of sp³-hybridized carbons (Fsp3) is 0.222. The molecular weight excluding hydrogens is 401 g/mol. The van der Waals surface area contributed by atoms with Crippen molar-refractivity contribution in [2.24, 2.45) is 7.05 Å². The molecule has 5 rings (SSSR count). The lowest BCUT2D eigenvalue weighted by molar-refractivity contribution is -0.633. The summed E-state index contributed by atoms with van der Waals surface area (Å²) in [4.78, 5) is 0. The lowest BCUT2D eigenvalue weighted by atomic mass is 9.96. The molecule has 156 valence electrons. The summed E-state index contributed by atoms with van der Waals surface area (Å²) in [7, 11) is 0.560. The number of furan rings is 1. The van der Waals surface area contributed by atoms with E-state index in [1.807, 2.05) is 13.1 Å². The van der Waals surface area contributed by atoms with E-state index in [1.165, 1.54) is 17.3 Å². The van der Waals surface area contributed by atoms with Crippen LogP contribution in [0.3, 0.4) is 0 Å². The van der Waals surface area contributed by atoms with Gasteiger partial charge in [0.1, 0.15) is 24.0 Å². The first kappa shape index (κ1) is 18.8. The monoisotopic (exact) mass is 429 g/mol. The van der Waals surface area contributed by atoms with Crippen LogP contribution in [0, 0.1) is 19.7 Å². The largest absolute Gasteiger partial charge is 0.455 e. The van der Waals surface area contributed by atoms with Gasteiger partial charge in [-0.3, -0.25) is 0 Å². The van der Waals surface area contributed by atoms with E-state index in [9.17, 15) is 4.39 Å². The molecule has 0 atom stereocenters. The Kier molecular flexibility index (Phi) is 4.09. The summed E-state index contributed by atoms with van der Waals surface area (Å²) >= 11 is 0. The summed E-state index contributed by atoms with van der Waals surface area (Å²) in [5.41, 5.74) is 6.43. The fourth-order valence-electron chi connectivity index (χ4n) is 4.44. The van der Waals surface area contributed by atoms with Crippen LogP contribution in [-0.4, -0.2) is 8.07 Å². The van der Waals surface area contributed by atoms with E-state index in [1.54, 1.807) is 6.07 Å². The Balaban J connectivity index is 1.87. The average molecular weight is 430 g/mol. The van der Waals surface area contributed by atoms with Gasteiger partial charge in [-0.05, 0) is 55.3 Å². The molecule has 31 heavy (non-hydrogen) atoms. The van der Waals surface area contributed by atoms with E-state index in [-0.39, 0.29) is 5.82 Å². The van der Waals surface area contributed by atoms with Crippen molar-refractivity contribution >= 4 is 46.1 Å². The molecule has 0 N–H and O–H groups in total. The van der Waals surface area contributed by atoms with Crippen LogP contribution in [0.25, 0.3) is 44.1 Å². The standard InChI is InChI=1S/C27H27FNOSi/c1-16-13-22-21-10-8-19(28)15-25(21)30-27(22)26(17(16)2)24-11-7-18-14-20(31(4,5)6)9-12-23(18)29(24)3/h7-15H,1-6H3/q+1/i7D. The quantitative estimate of drug-likeness (QED) is 0.230. The number of hydrogen-bond donors (Lipinski definition) is 0. The van der Waals surface area contributed by atoms with Gasteiger partial charge in [0.15, 0.2) is 0 Å². The highest BCUT2D eigenvalue weighted by Crippen LogP contribution is 2.39. The molecule has 0 amide bonds. The van der Waals surface area contributed by atoms with Gasteiger partial charge in [0, 0.05) is 34.4 Å². The fourth-order valence-corrected chi connectivity index (χ4v) is 5.60. The first-order chi connectivity index (χ1) is 15.1. The predicted molar refractivity (Wildman–Crippen MR) is 130 cm³/mol. The van der Waals surface area contributed by atoms with Crippen LogP contribution in [0.1, 0.15) is 12.5 Å². The summed E-state index contributed by atoms with van der Waals surface area (Å²) in [5.74, 6) is -0.311. The molecule has 0 bridgehead atoms. The summed E-state index contributed by atoms with van der Waals surface area (Å²) in [6.45, 7) is 11.1. The lowest BCUT2D eigenvalue weighted by Crippen LogP contribution is -2.38. The zero-order valence-corrected chi connectivity index (χ0v) is 19.9. The van der Waals surface area contributed by atoms with Gasteiger partial charge in [-0.15, -0.1) is 0 Å². The van der Waals surface area contributed by atoms with E-state index < -0.39 is 8.07 Å². The maximum absolute atomic E-state index is 13.9. The molecular formula is C27H27FNOSi+. The number of pyridine rings is 1. The topological polar surface area (TPSA) is 17.0 Å². The number of nitrogens with zero attached hydrogens (tertiary/aromatic N) is 1. The molecule has 2 nitrogen and oxygen atoms in total. The molecule has 2 aromatic heterocycles. The van der Waals surface area contributed by atoms with Crippen molar-refractivity contribution in [1.29, 1.82) is 0 Å². The van der Waals surface area contributed by atoms with Crippen molar-refractivity contribution in [3.8, 4) is 11.3 Å². The maximum Gasteiger partial charge on any atom is 0.216 e. The third-order valence-electron chi connectivity index (χ3n) is 6.45. The van der Waals surface area contributed by atoms with Crippen molar-refractivity contribution in [2.45, 2.75) is 33.5 Å². The van der Waals surface area contributed by atoms with Crippen LogP contribution in [0.2, 0.25) is 19.6 Å². The molecule has 0 fully saturated rings. The van der Waals surface area contributed by atoms with Gasteiger partial charge in [-0.25, -0.2) is 4.39 Å². The average Bonchev–Trinajstić information content (AvgIpc) is 3.07. The number of benzene rings is 3. The highest BCUT2D eigenvalue weighted by Gasteiger charge is 2.24. The summed E-state index contributed by atoms with van der Waals surface area (Å²) in [6, 6.07) is 15.8. The summed E-state index contributed by atoms with van der Waals surface area (Å²) < 4.78 is 31.1. The summed E-state index contributed by atoms with van der Waals surface area (Å²) in [5, 5.41) is 4.18. The molecule has 0 aliphatic rings. The van der Waals surface area contributed by atoms with Gasteiger partial charge in [0.05, 0.1) is 15.0 Å². The normalized spacial score (nSPS) is 12.8. The Morgan fingerprint density at radius 2 is 1.74 bits per heavy atom. The van der Waals surface area contributed by atoms with E-state index >= 15 is 0 Å². The minimum absolute atomic E-state index is 0.311. The third-order valence-corrected chi connectivity index (χ3v) is 8.49. The Bertz CT molecular complexity index is 1560. The minimum Gasteiger partial charge on any atom is -0.455 e. The SMILES string of the molecule is [2H]c1cc(-c2c(C)c(C)cc3c2oc2cc(F)ccc23)[n+](C)c2ccc([Si](C)(C)C)cc12. The van der Waals surface area contributed by atoms with Gasteiger partial charge in [-0.1, -0.05) is 30.9 Å². The molecule has 2 heterocycles. The second-order valence-electron chi connectivity index (χ2n) is 9.53. The first-order valence-electron chi connectivity index (χ1n) is 11.1. The highest BCUT2D eigenvalue weighted by molar-refractivity contribution is 6.88. The molecule has 0 unspecified atom stereocenters. The van der Waals surface area contributed by atoms with Gasteiger partial charge < -0.3 is 4.42 Å². The Morgan fingerprint density at radius 1 is 0.968 bits per heavy atom. The van der Waals surface area contributed by atoms with Gasteiger partial charge in [-0.2, -0.15) is 4.57 Å². The number of hydrogen-bond acceptors (Lipinski definition) is 1. The van der Waals surface area contributed by atoms with E-state index in [0.29, 0.717) is 11.6 Å². The first-order valence-corrected chi connectivity index (χ1v) is 14.1. The van der Waals surface area contributed by atoms with E-state index in [4.69, 9.17) is 5.79 Å². The van der Waals surface area contributed by atoms with Gasteiger partial charge >= 0.3 is 0 Å². The van der Waals surface area contributed by atoms with Crippen LogP contribution in [0.15, 0.2) is 59.0 Å². The zero-order chi connectivity index (χ0) is 22.9. The molecule has 0 aliphatic heterocycles. The van der Waals surface area contributed by atoms with Crippen LogP contribution < -0.4 is 9.75 Å². The van der Waals surface area contributed by atoms with E-state index in [0.717, 1.165) is 49.6 Å². The van der Waals surface area contributed by atoms with Crippen LogP contribution in [0.5, 0.6) is 0 Å². The number of aryl methyl sites for hydroxylation is 2. The molecule has 0 aliphatic carbocycles. The van der Waals surface area contributed by atoms with Crippen molar-refractivity contribution in [3.63, 3.8) is 0 Å². The Morgan fingerprint density at radius 3 is 2.48 bits per heavy atom. The van der Waals surface area contributed by atoms with Crippen molar-refractivity contribution in [3.05, 3.63) is 71.5 Å². The van der Waals surface area contributed by atoms with Gasteiger partial charge in [0.2, 0.25) is 11.2 Å². The molecule has 0 saturated heterocycles. The third kappa shape index (κ3) is 3.09. The minimum atomic E-state index is -1.48. The second kappa shape index (κ2) is 6.76. The molecule has 3 aromatic carbocycles. The van der Waals surface area contributed by atoms with Crippen molar-refractivity contribution in [1.82, 2.24) is 0 Å². The second-order valence-corrected chi connectivity index (χ2v) is 14.6. The number of fused-ring (bicyclic) bond motifs is 4.